The number of aromatic nitrogens is 2. The third kappa shape index (κ3) is 3.74. The normalized spacial score (nSPS) is 24.7. The number of hydrogen-bond donors (Lipinski definition) is 2. The summed E-state index contributed by atoms with van der Waals surface area (Å²) in [6.07, 6.45) is 7.66. The largest absolute Gasteiger partial charge is 0.351 e. The Hall–Kier alpha value is -2.61. The van der Waals surface area contributed by atoms with E-state index in [0.29, 0.717) is 41.5 Å². The Morgan fingerprint density at radius 3 is 2.66 bits per heavy atom. The van der Waals surface area contributed by atoms with Crippen LogP contribution in [0, 0.1) is 11.7 Å². The summed E-state index contributed by atoms with van der Waals surface area (Å²) in [5.74, 6) is -0.0604. The Labute approximate surface area is 191 Å². The van der Waals surface area contributed by atoms with Gasteiger partial charge >= 0.3 is 6.03 Å². The van der Waals surface area contributed by atoms with Gasteiger partial charge in [-0.2, -0.15) is 5.10 Å². The monoisotopic (exact) mass is 459 g/mol. The van der Waals surface area contributed by atoms with Crippen molar-refractivity contribution in [2.45, 2.75) is 63.6 Å². The summed E-state index contributed by atoms with van der Waals surface area (Å²) in [4.78, 5) is 27.1. The molecular weight excluding hydrogens is 433 g/mol. The summed E-state index contributed by atoms with van der Waals surface area (Å²) >= 11 is 6.03. The summed E-state index contributed by atoms with van der Waals surface area (Å²) in [5.41, 5.74) is 7.40. The van der Waals surface area contributed by atoms with Gasteiger partial charge in [0.05, 0.1) is 29.4 Å². The number of urea groups is 1. The molecule has 2 aliphatic carbocycles. The van der Waals surface area contributed by atoms with Crippen LogP contribution in [0.1, 0.15) is 61.0 Å². The highest BCUT2D eigenvalue weighted by Gasteiger charge is 2.41. The number of carbonyl (C=O) groups excluding carboxylic acids is 2. The van der Waals surface area contributed by atoms with Gasteiger partial charge in [0.2, 0.25) is 0 Å². The van der Waals surface area contributed by atoms with Gasteiger partial charge in [0, 0.05) is 17.6 Å². The molecule has 2 bridgehead atoms. The molecule has 3 aliphatic rings. The first kappa shape index (κ1) is 21.2. The number of amides is 3. The van der Waals surface area contributed by atoms with Crippen molar-refractivity contribution in [1.29, 1.82) is 0 Å². The Morgan fingerprint density at radius 1 is 1.22 bits per heavy atom. The van der Waals surface area contributed by atoms with Crippen LogP contribution in [-0.4, -0.2) is 38.7 Å². The highest BCUT2D eigenvalue weighted by atomic mass is 35.5. The van der Waals surface area contributed by atoms with Crippen molar-refractivity contribution in [3.8, 4) is 11.3 Å². The SMILES string of the molecule is NC(=O)N1CCn2nc(-c3ccc(F)c(Cl)c3)c(C(=O)N[C@]34CCC[C@H](CCC3)C4)c2C1. The molecule has 170 valence electrons. The van der Waals surface area contributed by atoms with E-state index in [1.807, 2.05) is 0 Å². The molecule has 0 spiro atoms. The molecule has 3 N–H and O–H groups in total. The first-order valence-corrected chi connectivity index (χ1v) is 11.6. The molecule has 1 aliphatic heterocycles. The molecule has 0 unspecified atom stereocenters. The van der Waals surface area contributed by atoms with Gasteiger partial charge in [-0.25, -0.2) is 9.18 Å². The summed E-state index contributed by atoms with van der Waals surface area (Å²) in [7, 11) is 0. The van der Waals surface area contributed by atoms with E-state index in [4.69, 9.17) is 17.3 Å². The minimum Gasteiger partial charge on any atom is -0.351 e. The molecule has 2 aromatic rings. The standard InChI is InChI=1S/C23H27ClFN5O2/c24-16-11-15(5-6-17(16)25)20-19(18-13-29(22(26)32)9-10-30(18)28-20)21(31)27-23-7-1-3-14(12-23)4-2-8-23/h5-6,11,14H,1-4,7-10,12-13H2,(H2,26,32)(H,27,31)/t14-,23-. The van der Waals surface area contributed by atoms with Crippen molar-refractivity contribution in [3.05, 3.63) is 40.3 Å². The van der Waals surface area contributed by atoms with Crippen LogP contribution in [0.3, 0.4) is 0 Å². The molecule has 32 heavy (non-hydrogen) atoms. The van der Waals surface area contributed by atoms with Crippen LogP contribution in [0.25, 0.3) is 11.3 Å². The van der Waals surface area contributed by atoms with E-state index < -0.39 is 11.8 Å². The van der Waals surface area contributed by atoms with Gasteiger partial charge in [-0.15, -0.1) is 0 Å². The molecular formula is C23H27ClFN5O2. The number of nitrogens with one attached hydrogen (secondary N) is 1. The second kappa shape index (κ2) is 8.06. The molecule has 0 radical (unpaired) electrons. The Kier molecular flexibility index (Phi) is 5.35. The third-order valence-electron chi connectivity index (χ3n) is 7.31. The lowest BCUT2D eigenvalue weighted by Crippen LogP contribution is -2.53. The average Bonchev–Trinajstić information content (AvgIpc) is 3.14. The zero-order chi connectivity index (χ0) is 22.5. The zero-order valence-corrected chi connectivity index (χ0v) is 18.6. The fourth-order valence-corrected chi connectivity index (χ4v) is 5.94. The fraction of sp³-hybridized carbons (Fsp3) is 0.522. The molecule has 3 amide bonds. The van der Waals surface area contributed by atoms with Gasteiger partial charge in [0.1, 0.15) is 11.5 Å². The van der Waals surface area contributed by atoms with E-state index in [1.54, 1.807) is 10.7 Å². The Morgan fingerprint density at radius 2 is 1.97 bits per heavy atom. The molecule has 1 aromatic carbocycles. The molecule has 2 saturated carbocycles. The van der Waals surface area contributed by atoms with Crippen LogP contribution in [0.5, 0.6) is 0 Å². The third-order valence-corrected chi connectivity index (χ3v) is 7.59. The van der Waals surface area contributed by atoms with Crippen molar-refractivity contribution in [2.75, 3.05) is 6.54 Å². The number of halogens is 2. The fourth-order valence-electron chi connectivity index (χ4n) is 5.76. The van der Waals surface area contributed by atoms with Gasteiger partial charge < -0.3 is 16.0 Å². The van der Waals surface area contributed by atoms with Crippen molar-refractivity contribution in [1.82, 2.24) is 20.0 Å². The minimum atomic E-state index is -0.531. The van der Waals surface area contributed by atoms with Crippen LogP contribution in [0.2, 0.25) is 5.02 Å². The second-order valence-electron chi connectivity index (χ2n) is 9.37. The topological polar surface area (TPSA) is 93.2 Å². The first-order valence-electron chi connectivity index (χ1n) is 11.3. The maximum Gasteiger partial charge on any atom is 0.315 e. The summed E-state index contributed by atoms with van der Waals surface area (Å²) in [6, 6.07) is 3.81. The van der Waals surface area contributed by atoms with Crippen LogP contribution >= 0.6 is 11.6 Å². The Bertz CT molecular complexity index is 1070. The zero-order valence-electron chi connectivity index (χ0n) is 17.9. The van der Waals surface area contributed by atoms with E-state index >= 15 is 0 Å². The van der Waals surface area contributed by atoms with Crippen LogP contribution in [0.4, 0.5) is 9.18 Å². The smallest absolute Gasteiger partial charge is 0.315 e. The van der Waals surface area contributed by atoms with E-state index in [0.717, 1.165) is 32.1 Å². The van der Waals surface area contributed by atoms with Crippen LogP contribution < -0.4 is 11.1 Å². The second-order valence-corrected chi connectivity index (χ2v) is 9.78. The maximum absolute atomic E-state index is 13.8. The number of nitrogens with two attached hydrogens (primary N) is 1. The molecule has 5 rings (SSSR count). The quantitative estimate of drug-likeness (QED) is 0.724. The predicted octanol–water partition coefficient (Wildman–Crippen LogP) is 4.08. The number of hydrogen-bond acceptors (Lipinski definition) is 3. The Balaban J connectivity index is 1.56. The van der Waals surface area contributed by atoms with Crippen molar-refractivity contribution in [3.63, 3.8) is 0 Å². The number of primary amides is 1. The van der Waals surface area contributed by atoms with E-state index in [1.165, 1.54) is 29.9 Å². The lowest BCUT2D eigenvalue weighted by molar-refractivity contribution is 0.0747. The highest BCUT2D eigenvalue weighted by molar-refractivity contribution is 6.31. The molecule has 2 fully saturated rings. The van der Waals surface area contributed by atoms with E-state index in [2.05, 4.69) is 10.4 Å². The van der Waals surface area contributed by atoms with Crippen molar-refractivity contribution < 1.29 is 14.0 Å². The predicted molar refractivity (Wildman–Crippen MR) is 119 cm³/mol. The lowest BCUT2D eigenvalue weighted by Gasteiger charge is -2.45. The molecule has 0 atom stereocenters. The summed E-state index contributed by atoms with van der Waals surface area (Å²) in [6.45, 7) is 1.05. The minimum absolute atomic E-state index is 0.0282. The number of nitrogens with zero attached hydrogens (tertiary/aromatic N) is 3. The molecule has 0 saturated heterocycles. The van der Waals surface area contributed by atoms with Gasteiger partial charge in [-0.05, 0) is 43.4 Å². The molecule has 9 heteroatoms. The summed E-state index contributed by atoms with van der Waals surface area (Å²) in [5, 5.41) is 8.01. The van der Waals surface area contributed by atoms with Crippen LogP contribution in [-0.2, 0) is 13.1 Å². The maximum atomic E-state index is 13.8. The van der Waals surface area contributed by atoms with E-state index in [9.17, 15) is 14.0 Å². The number of rotatable bonds is 3. The van der Waals surface area contributed by atoms with Gasteiger partial charge in [0.25, 0.3) is 5.91 Å². The number of benzene rings is 1. The highest BCUT2D eigenvalue weighted by Crippen LogP contribution is 2.43. The van der Waals surface area contributed by atoms with Crippen molar-refractivity contribution >= 4 is 23.5 Å². The number of fused-ring (bicyclic) bond motifs is 3. The van der Waals surface area contributed by atoms with Crippen molar-refractivity contribution in [2.24, 2.45) is 11.7 Å². The number of carbonyl (C=O) groups is 2. The van der Waals surface area contributed by atoms with E-state index in [-0.39, 0.29) is 23.0 Å². The van der Waals surface area contributed by atoms with Crippen LogP contribution in [0.15, 0.2) is 18.2 Å². The molecule has 2 heterocycles. The van der Waals surface area contributed by atoms with Gasteiger partial charge in [-0.3, -0.25) is 9.48 Å². The summed E-state index contributed by atoms with van der Waals surface area (Å²) < 4.78 is 15.5. The molecule has 1 aromatic heterocycles. The molecule has 7 nitrogen and oxygen atoms in total. The van der Waals surface area contributed by atoms with Gasteiger partial charge in [0.15, 0.2) is 0 Å². The lowest BCUT2D eigenvalue weighted by atomic mass is 9.67. The first-order chi connectivity index (χ1) is 15.3. The van der Waals surface area contributed by atoms with Gasteiger partial charge in [-0.1, -0.05) is 37.3 Å². The average molecular weight is 460 g/mol.